The maximum absolute atomic E-state index is 12.8. The van der Waals surface area contributed by atoms with Crippen molar-refractivity contribution in [3.63, 3.8) is 0 Å². The number of carbonyl (C=O) groups is 2. The summed E-state index contributed by atoms with van der Waals surface area (Å²) in [5, 5.41) is 5.60. The molecule has 2 aromatic carbocycles. The van der Waals surface area contributed by atoms with Gasteiger partial charge in [0.15, 0.2) is 0 Å². The molecule has 0 aromatic heterocycles. The molecule has 3 N–H and O–H groups in total. The molecule has 1 aliphatic rings. The van der Waals surface area contributed by atoms with E-state index < -0.39 is 10.0 Å². The van der Waals surface area contributed by atoms with Crippen LogP contribution in [0.4, 0.5) is 11.4 Å². The van der Waals surface area contributed by atoms with E-state index in [1.807, 2.05) is 0 Å². The normalized spacial score (nSPS) is 14.8. The van der Waals surface area contributed by atoms with Crippen molar-refractivity contribution in [2.45, 2.75) is 50.0 Å². The Kier molecular flexibility index (Phi) is 6.53. The first kappa shape index (κ1) is 20.9. The first-order chi connectivity index (χ1) is 13.8. The van der Waals surface area contributed by atoms with Gasteiger partial charge in [0.05, 0.1) is 16.1 Å². The van der Waals surface area contributed by atoms with Crippen LogP contribution in [0.5, 0.6) is 0 Å². The van der Waals surface area contributed by atoms with Crippen molar-refractivity contribution >= 4 is 33.2 Å². The fourth-order valence-corrected chi connectivity index (χ4v) is 4.48. The van der Waals surface area contributed by atoms with Crippen molar-refractivity contribution in [3.8, 4) is 0 Å². The fraction of sp³-hybridized carbons (Fsp3) is 0.333. The summed E-state index contributed by atoms with van der Waals surface area (Å²) in [7, 11) is -3.89. The van der Waals surface area contributed by atoms with Gasteiger partial charge in [-0.25, -0.2) is 8.42 Å². The van der Waals surface area contributed by atoms with E-state index in [-0.39, 0.29) is 34.0 Å². The van der Waals surface area contributed by atoms with Crippen LogP contribution in [0.1, 0.15) is 49.4 Å². The van der Waals surface area contributed by atoms with Crippen LogP contribution in [0.25, 0.3) is 0 Å². The zero-order chi connectivity index (χ0) is 20.9. The smallest absolute Gasteiger partial charge is 0.261 e. The van der Waals surface area contributed by atoms with E-state index in [4.69, 9.17) is 0 Å². The third kappa shape index (κ3) is 5.57. The van der Waals surface area contributed by atoms with E-state index in [1.54, 1.807) is 24.3 Å². The topological polar surface area (TPSA) is 104 Å². The molecule has 1 aliphatic carbocycles. The van der Waals surface area contributed by atoms with Gasteiger partial charge in [-0.3, -0.25) is 14.3 Å². The van der Waals surface area contributed by atoms with Crippen LogP contribution in [-0.4, -0.2) is 26.3 Å². The molecule has 0 unspecified atom stereocenters. The van der Waals surface area contributed by atoms with Gasteiger partial charge < -0.3 is 10.6 Å². The van der Waals surface area contributed by atoms with Crippen LogP contribution in [0, 0.1) is 0 Å². The van der Waals surface area contributed by atoms with Crippen LogP contribution in [-0.2, 0) is 14.8 Å². The first-order valence-corrected chi connectivity index (χ1v) is 11.1. The van der Waals surface area contributed by atoms with Gasteiger partial charge in [-0.15, -0.1) is 0 Å². The van der Waals surface area contributed by atoms with Crippen molar-refractivity contribution in [1.82, 2.24) is 5.32 Å². The second kappa shape index (κ2) is 9.09. The molecule has 154 valence electrons. The van der Waals surface area contributed by atoms with E-state index in [2.05, 4.69) is 15.4 Å². The highest BCUT2D eigenvalue weighted by atomic mass is 32.2. The Morgan fingerprint density at radius 2 is 1.59 bits per heavy atom. The standard InChI is InChI=1S/C21H25N3O4S/c1-15(25)22-17-11-13-18(14-12-17)29(27,28)24-20-10-6-5-9-19(20)21(26)23-16-7-3-2-4-8-16/h5-6,9-14,16,24H,2-4,7-8H2,1H3,(H,22,25)(H,23,26). The minimum absolute atomic E-state index is 0.0362. The van der Waals surface area contributed by atoms with E-state index in [0.717, 1.165) is 25.7 Å². The molecular weight excluding hydrogens is 390 g/mol. The molecule has 0 spiro atoms. The van der Waals surface area contributed by atoms with Gasteiger partial charge in [0.25, 0.3) is 15.9 Å². The van der Waals surface area contributed by atoms with Gasteiger partial charge in [0.1, 0.15) is 0 Å². The molecule has 0 radical (unpaired) electrons. The van der Waals surface area contributed by atoms with Gasteiger partial charge in [-0.2, -0.15) is 0 Å². The van der Waals surface area contributed by atoms with Gasteiger partial charge in [-0.1, -0.05) is 31.4 Å². The fourth-order valence-electron chi connectivity index (χ4n) is 3.40. The lowest BCUT2D eigenvalue weighted by molar-refractivity contribution is -0.114. The summed E-state index contributed by atoms with van der Waals surface area (Å²) in [5.41, 5.74) is 1.02. The summed E-state index contributed by atoms with van der Waals surface area (Å²) in [4.78, 5) is 23.9. The highest BCUT2D eigenvalue weighted by Crippen LogP contribution is 2.23. The van der Waals surface area contributed by atoms with Gasteiger partial charge >= 0.3 is 0 Å². The monoisotopic (exact) mass is 415 g/mol. The largest absolute Gasteiger partial charge is 0.349 e. The average Bonchev–Trinajstić information content (AvgIpc) is 2.69. The molecule has 8 heteroatoms. The molecule has 1 fully saturated rings. The quantitative estimate of drug-likeness (QED) is 0.671. The maximum atomic E-state index is 12.8. The lowest BCUT2D eigenvalue weighted by Crippen LogP contribution is -2.36. The Bertz CT molecular complexity index is 981. The lowest BCUT2D eigenvalue weighted by Gasteiger charge is -2.23. The van der Waals surface area contributed by atoms with Crippen molar-refractivity contribution < 1.29 is 18.0 Å². The number of carbonyl (C=O) groups excluding carboxylic acids is 2. The van der Waals surface area contributed by atoms with E-state index in [9.17, 15) is 18.0 Å². The molecule has 2 amide bonds. The van der Waals surface area contributed by atoms with E-state index in [1.165, 1.54) is 37.6 Å². The minimum atomic E-state index is -3.89. The summed E-state index contributed by atoms with van der Waals surface area (Å²) in [6.45, 7) is 1.38. The van der Waals surface area contributed by atoms with Crippen LogP contribution < -0.4 is 15.4 Å². The molecule has 0 atom stereocenters. The zero-order valence-corrected chi connectivity index (χ0v) is 17.1. The van der Waals surface area contributed by atoms with Gasteiger partial charge in [0, 0.05) is 18.7 Å². The van der Waals surface area contributed by atoms with Crippen molar-refractivity contribution in [1.29, 1.82) is 0 Å². The Morgan fingerprint density at radius 3 is 2.24 bits per heavy atom. The van der Waals surface area contributed by atoms with Crippen LogP contribution in [0.15, 0.2) is 53.4 Å². The number of rotatable bonds is 6. The van der Waals surface area contributed by atoms with E-state index in [0.29, 0.717) is 5.69 Å². The highest BCUT2D eigenvalue weighted by molar-refractivity contribution is 7.92. The number of nitrogens with one attached hydrogen (secondary N) is 3. The lowest BCUT2D eigenvalue weighted by atomic mass is 9.95. The Hall–Kier alpha value is -2.87. The SMILES string of the molecule is CC(=O)Nc1ccc(S(=O)(=O)Nc2ccccc2C(=O)NC2CCCCC2)cc1. The van der Waals surface area contributed by atoms with E-state index >= 15 is 0 Å². The summed E-state index contributed by atoms with van der Waals surface area (Å²) in [5.74, 6) is -0.521. The zero-order valence-electron chi connectivity index (χ0n) is 16.3. The van der Waals surface area contributed by atoms with Crippen molar-refractivity contribution in [2.75, 3.05) is 10.0 Å². The maximum Gasteiger partial charge on any atom is 0.261 e. The number of sulfonamides is 1. The van der Waals surface area contributed by atoms with Crippen LogP contribution >= 0.6 is 0 Å². The second-order valence-electron chi connectivity index (χ2n) is 7.17. The molecule has 29 heavy (non-hydrogen) atoms. The molecular formula is C21H25N3O4S. The average molecular weight is 416 g/mol. The summed E-state index contributed by atoms with van der Waals surface area (Å²) >= 11 is 0. The first-order valence-electron chi connectivity index (χ1n) is 9.65. The van der Waals surface area contributed by atoms with Crippen molar-refractivity contribution in [3.05, 3.63) is 54.1 Å². The predicted octanol–water partition coefficient (Wildman–Crippen LogP) is 3.51. The second-order valence-corrected chi connectivity index (χ2v) is 8.85. The highest BCUT2D eigenvalue weighted by Gasteiger charge is 2.21. The summed E-state index contributed by atoms with van der Waals surface area (Å²) < 4.78 is 28.0. The number of hydrogen-bond acceptors (Lipinski definition) is 4. The van der Waals surface area contributed by atoms with Gasteiger partial charge in [0.2, 0.25) is 5.91 Å². The summed E-state index contributed by atoms with van der Waals surface area (Å²) in [6.07, 6.45) is 5.26. The molecule has 3 rings (SSSR count). The number of anilines is 2. The molecule has 0 heterocycles. The molecule has 0 aliphatic heterocycles. The molecule has 2 aromatic rings. The number of amides is 2. The Labute approximate surface area is 171 Å². The van der Waals surface area contributed by atoms with Crippen LogP contribution in [0.3, 0.4) is 0 Å². The third-order valence-corrected chi connectivity index (χ3v) is 6.22. The summed E-state index contributed by atoms with van der Waals surface area (Å²) in [6, 6.07) is 12.5. The molecule has 0 saturated heterocycles. The van der Waals surface area contributed by atoms with Crippen molar-refractivity contribution in [2.24, 2.45) is 0 Å². The Balaban J connectivity index is 1.76. The third-order valence-electron chi connectivity index (χ3n) is 4.84. The van der Waals surface area contributed by atoms with Crippen LogP contribution in [0.2, 0.25) is 0 Å². The molecule has 7 nitrogen and oxygen atoms in total. The number of para-hydroxylation sites is 1. The minimum Gasteiger partial charge on any atom is -0.349 e. The van der Waals surface area contributed by atoms with Gasteiger partial charge in [-0.05, 0) is 49.2 Å². The number of benzene rings is 2. The Morgan fingerprint density at radius 1 is 0.931 bits per heavy atom. The molecule has 0 bridgehead atoms. The predicted molar refractivity (Wildman–Crippen MR) is 112 cm³/mol. The molecule has 1 saturated carbocycles. The number of hydrogen-bond donors (Lipinski definition) is 3.